The Kier molecular flexibility index (Phi) is 5.24. The molecule has 4 nitrogen and oxygen atoms in total. The number of benzene rings is 1. The number of likely N-dealkylation sites (N-methyl/N-ethyl adjacent to an activating group) is 1. The zero-order valence-corrected chi connectivity index (χ0v) is 12.9. The highest BCUT2D eigenvalue weighted by Gasteiger charge is 2.18. The first-order valence-electron chi connectivity index (χ1n) is 6.92. The van der Waals surface area contributed by atoms with Gasteiger partial charge in [-0.05, 0) is 32.3 Å². The maximum atomic E-state index is 8.87. The van der Waals surface area contributed by atoms with Crippen molar-refractivity contribution in [2.45, 2.75) is 0 Å². The van der Waals surface area contributed by atoms with Crippen molar-refractivity contribution in [3.8, 4) is 6.07 Å². The number of nitriles is 1. The van der Waals surface area contributed by atoms with E-state index in [0.717, 1.165) is 45.0 Å². The average molecular weight is 293 g/mol. The van der Waals surface area contributed by atoms with E-state index in [1.165, 1.54) is 0 Å². The van der Waals surface area contributed by atoms with E-state index in [1.54, 1.807) is 6.07 Å². The predicted molar refractivity (Wildman–Crippen MR) is 83.4 cm³/mol. The molecule has 1 fully saturated rings. The van der Waals surface area contributed by atoms with Gasteiger partial charge in [-0.2, -0.15) is 5.26 Å². The van der Waals surface area contributed by atoms with Gasteiger partial charge in [-0.25, -0.2) is 0 Å². The third kappa shape index (κ3) is 3.86. The summed E-state index contributed by atoms with van der Waals surface area (Å²) in [5.41, 5.74) is 1.65. The Morgan fingerprint density at radius 2 is 1.95 bits per heavy atom. The van der Waals surface area contributed by atoms with Gasteiger partial charge in [0, 0.05) is 39.3 Å². The molecule has 1 aromatic rings. The number of nitrogens with zero attached hydrogens (tertiary/aromatic N) is 4. The molecular weight excluding hydrogens is 272 g/mol. The quantitative estimate of drug-likeness (QED) is 0.849. The largest absolute Gasteiger partial charge is 0.368 e. The molecule has 1 aromatic carbocycles. The molecule has 0 spiro atoms. The number of hydrogen-bond donors (Lipinski definition) is 0. The number of piperazine rings is 1. The molecule has 0 N–H and O–H groups in total. The Bertz CT molecular complexity index is 487. The molecule has 0 amide bonds. The summed E-state index contributed by atoms with van der Waals surface area (Å²) in [7, 11) is 4.21. The van der Waals surface area contributed by atoms with Crippen molar-refractivity contribution in [2.24, 2.45) is 0 Å². The maximum Gasteiger partial charge on any atom is 0.0992 e. The van der Waals surface area contributed by atoms with E-state index in [0.29, 0.717) is 10.6 Å². The third-order valence-electron chi connectivity index (χ3n) is 3.65. The van der Waals surface area contributed by atoms with Crippen LogP contribution in [-0.4, -0.2) is 63.2 Å². The number of anilines is 1. The van der Waals surface area contributed by atoms with E-state index in [2.05, 4.69) is 34.9 Å². The van der Waals surface area contributed by atoms with Crippen LogP contribution in [-0.2, 0) is 0 Å². The minimum Gasteiger partial charge on any atom is -0.368 e. The fourth-order valence-electron chi connectivity index (χ4n) is 2.39. The van der Waals surface area contributed by atoms with Gasteiger partial charge in [0.05, 0.1) is 22.3 Å². The Hall–Kier alpha value is -1.28. The first-order valence-corrected chi connectivity index (χ1v) is 7.29. The highest BCUT2D eigenvalue weighted by molar-refractivity contribution is 6.33. The molecule has 0 saturated carbocycles. The Balaban J connectivity index is 1.92. The van der Waals surface area contributed by atoms with Crippen molar-refractivity contribution >= 4 is 17.3 Å². The fraction of sp³-hybridized carbons (Fsp3) is 0.533. The summed E-state index contributed by atoms with van der Waals surface area (Å²) in [5.74, 6) is 0. The van der Waals surface area contributed by atoms with Gasteiger partial charge in [0.1, 0.15) is 0 Å². The van der Waals surface area contributed by atoms with Gasteiger partial charge in [-0.1, -0.05) is 11.6 Å². The summed E-state index contributed by atoms with van der Waals surface area (Å²) in [6, 6.07) is 7.65. The van der Waals surface area contributed by atoms with Crippen LogP contribution >= 0.6 is 11.6 Å². The number of hydrogen-bond acceptors (Lipinski definition) is 4. The minimum atomic E-state index is 0.614. The van der Waals surface area contributed by atoms with Crippen molar-refractivity contribution in [3.05, 3.63) is 28.8 Å². The van der Waals surface area contributed by atoms with Gasteiger partial charge in [-0.3, -0.25) is 4.90 Å². The van der Waals surface area contributed by atoms with Crippen LogP contribution in [0.3, 0.4) is 0 Å². The molecule has 1 aliphatic heterocycles. The molecule has 1 aliphatic rings. The van der Waals surface area contributed by atoms with Crippen LogP contribution in [0.2, 0.25) is 5.02 Å². The third-order valence-corrected chi connectivity index (χ3v) is 3.96. The Morgan fingerprint density at radius 1 is 1.25 bits per heavy atom. The molecule has 0 radical (unpaired) electrons. The summed E-state index contributed by atoms with van der Waals surface area (Å²) in [4.78, 5) is 6.99. The monoisotopic (exact) mass is 292 g/mol. The van der Waals surface area contributed by atoms with E-state index in [4.69, 9.17) is 16.9 Å². The summed E-state index contributed by atoms with van der Waals surface area (Å²) in [6.07, 6.45) is 0. The molecule has 5 heteroatoms. The van der Waals surface area contributed by atoms with Crippen LogP contribution < -0.4 is 4.90 Å². The van der Waals surface area contributed by atoms with E-state index < -0.39 is 0 Å². The van der Waals surface area contributed by atoms with E-state index in [-0.39, 0.29) is 0 Å². The smallest absolute Gasteiger partial charge is 0.0992 e. The normalized spacial score (nSPS) is 16.4. The molecule has 1 saturated heterocycles. The second-order valence-corrected chi connectivity index (χ2v) is 5.82. The highest BCUT2D eigenvalue weighted by atomic mass is 35.5. The lowest BCUT2D eigenvalue weighted by Gasteiger charge is -2.36. The minimum absolute atomic E-state index is 0.614. The Labute approximate surface area is 126 Å². The second-order valence-electron chi connectivity index (χ2n) is 5.41. The zero-order valence-electron chi connectivity index (χ0n) is 12.1. The van der Waals surface area contributed by atoms with Crippen LogP contribution in [0.4, 0.5) is 5.69 Å². The molecule has 0 unspecified atom stereocenters. The first-order chi connectivity index (χ1) is 9.60. The van der Waals surface area contributed by atoms with Gasteiger partial charge < -0.3 is 9.80 Å². The van der Waals surface area contributed by atoms with Gasteiger partial charge in [0.25, 0.3) is 0 Å². The molecule has 20 heavy (non-hydrogen) atoms. The second kappa shape index (κ2) is 6.94. The standard InChI is InChI=1S/C15H21ClN4/c1-18(2)5-6-19-7-9-20(10-8-19)15-4-3-13(12-17)11-14(15)16/h3-4,11H,5-10H2,1-2H3. The predicted octanol–water partition coefficient (Wildman–Crippen LogP) is 1.90. The summed E-state index contributed by atoms with van der Waals surface area (Å²) < 4.78 is 0. The van der Waals surface area contributed by atoms with Crippen LogP contribution in [0.15, 0.2) is 18.2 Å². The molecular formula is C15H21ClN4. The van der Waals surface area contributed by atoms with Crippen LogP contribution in [0, 0.1) is 11.3 Å². The zero-order chi connectivity index (χ0) is 14.5. The van der Waals surface area contributed by atoms with Crippen LogP contribution in [0.5, 0.6) is 0 Å². The van der Waals surface area contributed by atoms with Gasteiger partial charge in [-0.15, -0.1) is 0 Å². The van der Waals surface area contributed by atoms with E-state index in [1.807, 2.05) is 12.1 Å². The molecule has 108 valence electrons. The van der Waals surface area contributed by atoms with Crippen molar-refractivity contribution in [2.75, 3.05) is 58.3 Å². The van der Waals surface area contributed by atoms with E-state index >= 15 is 0 Å². The molecule has 0 aromatic heterocycles. The fourth-order valence-corrected chi connectivity index (χ4v) is 2.69. The van der Waals surface area contributed by atoms with Gasteiger partial charge in [0.15, 0.2) is 0 Å². The molecule has 0 aliphatic carbocycles. The maximum absolute atomic E-state index is 8.87. The van der Waals surface area contributed by atoms with Crippen molar-refractivity contribution in [3.63, 3.8) is 0 Å². The lowest BCUT2D eigenvalue weighted by molar-refractivity contribution is 0.229. The highest BCUT2D eigenvalue weighted by Crippen LogP contribution is 2.27. The lowest BCUT2D eigenvalue weighted by atomic mass is 10.2. The molecule has 2 rings (SSSR count). The molecule has 0 bridgehead atoms. The first kappa shape index (κ1) is 15.1. The van der Waals surface area contributed by atoms with Gasteiger partial charge in [0.2, 0.25) is 0 Å². The average Bonchev–Trinajstić information content (AvgIpc) is 2.45. The van der Waals surface area contributed by atoms with Crippen molar-refractivity contribution in [1.29, 1.82) is 5.26 Å². The number of halogens is 1. The van der Waals surface area contributed by atoms with Crippen LogP contribution in [0.25, 0.3) is 0 Å². The lowest BCUT2D eigenvalue weighted by Crippen LogP contribution is -2.48. The Morgan fingerprint density at radius 3 is 2.50 bits per heavy atom. The van der Waals surface area contributed by atoms with Crippen LogP contribution in [0.1, 0.15) is 5.56 Å². The SMILES string of the molecule is CN(C)CCN1CCN(c2ccc(C#N)cc2Cl)CC1. The van der Waals surface area contributed by atoms with E-state index in [9.17, 15) is 0 Å². The summed E-state index contributed by atoms with van der Waals surface area (Å²) >= 11 is 6.27. The summed E-state index contributed by atoms with van der Waals surface area (Å²) in [5, 5.41) is 9.54. The number of rotatable bonds is 4. The van der Waals surface area contributed by atoms with Gasteiger partial charge >= 0.3 is 0 Å². The summed E-state index contributed by atoms with van der Waals surface area (Å²) in [6.45, 7) is 6.30. The van der Waals surface area contributed by atoms with Crippen molar-refractivity contribution in [1.82, 2.24) is 9.80 Å². The molecule has 1 heterocycles. The molecule has 0 atom stereocenters. The topological polar surface area (TPSA) is 33.5 Å². The van der Waals surface area contributed by atoms with Crippen molar-refractivity contribution < 1.29 is 0 Å².